The summed E-state index contributed by atoms with van der Waals surface area (Å²) < 4.78 is 54.4. The number of carbonyl (C=O) groups is 3. The molecule has 0 radical (unpaired) electrons. The highest BCUT2D eigenvalue weighted by Gasteiger charge is 2.51. The van der Waals surface area contributed by atoms with E-state index in [1.54, 1.807) is 18.7 Å². The molecule has 16 nitrogen and oxygen atoms in total. The molecule has 7 heterocycles. The van der Waals surface area contributed by atoms with Gasteiger partial charge in [-0.15, -0.1) is 5.10 Å². The molecule has 57 heavy (non-hydrogen) atoms. The largest absolute Gasteiger partial charge is 0.504 e. The summed E-state index contributed by atoms with van der Waals surface area (Å²) >= 11 is 6.16. The third kappa shape index (κ3) is 6.60. The number of amides is 3. The van der Waals surface area contributed by atoms with Crippen LogP contribution in [0, 0.1) is 12.3 Å². The van der Waals surface area contributed by atoms with Crippen LogP contribution in [0.3, 0.4) is 0 Å². The van der Waals surface area contributed by atoms with Crippen molar-refractivity contribution in [2.45, 2.75) is 64.5 Å². The molecule has 20 heteroatoms. The Hall–Kier alpha value is -5.40. The molecule has 4 aromatic rings. The SMILES string of the molecule is Cc1ncnc(C(=O)N2CCC3(CC2)O[C@H](C)c2c3c(=O)n3nc(C4=CCN(C(=O)C5(C)COC5)CC4)nc3n2CC(=O)Nc2ccc(C(F)(F)F)cc2Cl)c1O. The quantitative estimate of drug-likeness (QED) is 0.288. The molecule has 1 spiro atoms. The van der Waals surface area contributed by atoms with Crippen LogP contribution in [-0.4, -0.2) is 101 Å². The monoisotopic (exact) mass is 811 g/mol. The minimum absolute atomic E-state index is 0.0155. The lowest BCUT2D eigenvalue weighted by molar-refractivity contribution is -0.168. The van der Waals surface area contributed by atoms with Gasteiger partial charge in [0.25, 0.3) is 11.5 Å². The van der Waals surface area contributed by atoms with Gasteiger partial charge in [0.15, 0.2) is 17.3 Å². The van der Waals surface area contributed by atoms with Crippen LogP contribution in [-0.2, 0) is 37.4 Å². The Kier molecular flexibility index (Phi) is 9.39. The molecule has 8 rings (SSSR count). The fourth-order valence-electron chi connectivity index (χ4n) is 7.98. The molecule has 0 bridgehead atoms. The predicted molar refractivity (Wildman–Crippen MR) is 195 cm³/mol. The fourth-order valence-corrected chi connectivity index (χ4v) is 8.21. The number of fused-ring (bicyclic) bond motifs is 3. The molecule has 3 amide bonds. The topological polar surface area (TPSA) is 186 Å². The van der Waals surface area contributed by atoms with Crippen molar-refractivity contribution in [2.24, 2.45) is 5.41 Å². The Balaban J connectivity index is 1.15. The lowest BCUT2D eigenvalue weighted by atomic mass is 9.85. The van der Waals surface area contributed by atoms with Crippen molar-refractivity contribution in [3.8, 4) is 5.75 Å². The molecule has 0 saturated carbocycles. The van der Waals surface area contributed by atoms with Gasteiger partial charge in [-0.05, 0) is 63.8 Å². The summed E-state index contributed by atoms with van der Waals surface area (Å²) in [6, 6.07) is 2.58. The van der Waals surface area contributed by atoms with E-state index in [2.05, 4.69) is 20.4 Å². The van der Waals surface area contributed by atoms with Crippen LogP contribution >= 0.6 is 11.6 Å². The average Bonchev–Trinajstić information content (AvgIpc) is 3.73. The first-order chi connectivity index (χ1) is 27.0. The third-order valence-corrected chi connectivity index (χ3v) is 11.4. The Morgan fingerprint density at radius 1 is 1.11 bits per heavy atom. The van der Waals surface area contributed by atoms with Crippen LogP contribution in [0.1, 0.15) is 78.0 Å². The maximum atomic E-state index is 14.6. The van der Waals surface area contributed by atoms with Gasteiger partial charge in [-0.3, -0.25) is 19.2 Å². The van der Waals surface area contributed by atoms with Crippen molar-refractivity contribution in [3.05, 3.63) is 80.0 Å². The fraction of sp³-hybridized carbons (Fsp3) is 0.459. The maximum absolute atomic E-state index is 14.6. The van der Waals surface area contributed by atoms with Crippen LogP contribution < -0.4 is 10.9 Å². The number of nitrogens with one attached hydrogen (secondary N) is 1. The number of nitrogens with zero attached hydrogens (tertiary/aromatic N) is 8. The van der Waals surface area contributed by atoms with Gasteiger partial charge in [-0.25, -0.2) is 9.97 Å². The minimum atomic E-state index is -4.64. The molecule has 3 aromatic heterocycles. The van der Waals surface area contributed by atoms with E-state index < -0.39 is 52.8 Å². The van der Waals surface area contributed by atoms with Gasteiger partial charge in [0, 0.05) is 26.2 Å². The van der Waals surface area contributed by atoms with Crippen LogP contribution in [0.15, 0.2) is 35.4 Å². The predicted octanol–water partition coefficient (Wildman–Crippen LogP) is 3.88. The minimum Gasteiger partial charge on any atom is -0.504 e. The molecule has 0 aliphatic carbocycles. The standard InChI is InChI=1S/C37H37ClF3N9O7/c1-19-29(52)27(43-18-42-19)32(54)47-12-8-36(9-13-47)26-28(20(2)57-36)49(15-25(51)44-24-5-4-22(14-23(24)38)37(39,40)41)34-45-30(46-50(34)31(26)53)21-6-10-48(11-7-21)33(55)35(3)16-56-17-35/h4-6,14,18,20,52H,7-13,15-17H2,1-3H3,(H,44,51)/t20-/m1/s1. The smallest absolute Gasteiger partial charge is 0.416 e. The Morgan fingerprint density at radius 3 is 2.47 bits per heavy atom. The molecule has 2 saturated heterocycles. The molecule has 1 atom stereocenters. The van der Waals surface area contributed by atoms with Gasteiger partial charge >= 0.3 is 6.18 Å². The van der Waals surface area contributed by atoms with Crippen molar-refractivity contribution in [1.29, 1.82) is 0 Å². The Morgan fingerprint density at radius 2 is 1.84 bits per heavy atom. The van der Waals surface area contributed by atoms with E-state index >= 15 is 0 Å². The molecule has 4 aliphatic heterocycles. The number of carbonyl (C=O) groups excluding carboxylic acids is 3. The van der Waals surface area contributed by atoms with Crippen LogP contribution in [0.2, 0.25) is 5.02 Å². The number of hydrogen-bond donors (Lipinski definition) is 2. The van der Waals surface area contributed by atoms with E-state index in [0.717, 1.165) is 16.6 Å². The number of anilines is 1. The van der Waals surface area contributed by atoms with E-state index in [1.165, 1.54) is 15.8 Å². The van der Waals surface area contributed by atoms with Gasteiger partial charge < -0.3 is 34.3 Å². The summed E-state index contributed by atoms with van der Waals surface area (Å²) in [4.78, 5) is 70.7. The zero-order chi connectivity index (χ0) is 40.6. The third-order valence-electron chi connectivity index (χ3n) is 11.1. The normalized spacial score (nSPS) is 20.0. The molecular formula is C37H37ClF3N9O7. The number of aromatic nitrogens is 6. The van der Waals surface area contributed by atoms with Gasteiger partial charge in [-0.2, -0.15) is 22.7 Å². The zero-order valence-corrected chi connectivity index (χ0v) is 31.8. The van der Waals surface area contributed by atoms with Gasteiger partial charge in [0.2, 0.25) is 17.6 Å². The van der Waals surface area contributed by atoms with E-state index in [-0.39, 0.29) is 76.9 Å². The first-order valence-electron chi connectivity index (χ1n) is 18.2. The molecule has 2 N–H and O–H groups in total. The van der Waals surface area contributed by atoms with Crippen molar-refractivity contribution >= 4 is 46.4 Å². The number of aryl methyl sites for hydroxylation is 1. The number of likely N-dealkylation sites (tertiary alicyclic amines) is 1. The first kappa shape index (κ1) is 38.5. The average molecular weight is 812 g/mol. The summed E-state index contributed by atoms with van der Waals surface area (Å²) in [6.07, 6.45) is -1.62. The number of piperidine rings is 1. The van der Waals surface area contributed by atoms with Gasteiger partial charge in [0.1, 0.15) is 18.5 Å². The van der Waals surface area contributed by atoms with Crippen molar-refractivity contribution in [3.63, 3.8) is 0 Å². The molecule has 2 fully saturated rings. The Bertz CT molecular complexity index is 2440. The van der Waals surface area contributed by atoms with Crippen molar-refractivity contribution in [2.75, 3.05) is 44.7 Å². The number of ether oxygens (including phenoxy) is 2. The molecule has 1 aromatic carbocycles. The van der Waals surface area contributed by atoms with E-state index in [0.29, 0.717) is 50.1 Å². The number of rotatable bonds is 6. The van der Waals surface area contributed by atoms with E-state index in [1.807, 2.05) is 13.0 Å². The van der Waals surface area contributed by atoms with E-state index in [4.69, 9.17) is 26.1 Å². The van der Waals surface area contributed by atoms with Crippen molar-refractivity contribution < 1.29 is 42.1 Å². The van der Waals surface area contributed by atoms with Crippen LogP contribution in [0.25, 0.3) is 11.4 Å². The second kappa shape index (κ2) is 13.9. The van der Waals surface area contributed by atoms with Gasteiger partial charge in [0.05, 0.1) is 58.0 Å². The number of alkyl halides is 3. The first-order valence-corrected chi connectivity index (χ1v) is 18.6. The number of hydrogen-bond acceptors (Lipinski definition) is 11. The summed E-state index contributed by atoms with van der Waals surface area (Å²) in [5, 5.41) is 17.3. The summed E-state index contributed by atoms with van der Waals surface area (Å²) in [5.41, 5.74) is -1.95. The summed E-state index contributed by atoms with van der Waals surface area (Å²) in [6.45, 7) is 6.35. The van der Waals surface area contributed by atoms with E-state index in [9.17, 15) is 37.5 Å². The number of benzene rings is 1. The highest BCUT2D eigenvalue weighted by Crippen LogP contribution is 2.48. The lowest BCUT2D eigenvalue weighted by Gasteiger charge is -2.41. The Labute approximate surface area is 327 Å². The number of halogens is 4. The summed E-state index contributed by atoms with van der Waals surface area (Å²) in [7, 11) is 0. The molecule has 0 unspecified atom stereocenters. The lowest BCUT2D eigenvalue weighted by Crippen LogP contribution is -2.54. The maximum Gasteiger partial charge on any atom is 0.416 e. The highest BCUT2D eigenvalue weighted by molar-refractivity contribution is 6.33. The molecule has 300 valence electrons. The molecular weight excluding hydrogens is 775 g/mol. The van der Waals surface area contributed by atoms with Crippen LogP contribution in [0.4, 0.5) is 18.9 Å². The van der Waals surface area contributed by atoms with Gasteiger partial charge in [-0.1, -0.05) is 17.7 Å². The number of aromatic hydroxyl groups is 1. The summed E-state index contributed by atoms with van der Waals surface area (Å²) in [5.74, 6) is -1.28. The zero-order valence-electron chi connectivity index (χ0n) is 31.0. The second-order valence-corrected chi connectivity index (χ2v) is 15.4. The molecule has 4 aliphatic rings. The van der Waals surface area contributed by atoms with Crippen LogP contribution in [0.5, 0.6) is 5.75 Å². The highest BCUT2D eigenvalue weighted by atomic mass is 35.5. The second-order valence-electron chi connectivity index (χ2n) is 15.0. The van der Waals surface area contributed by atoms with Crippen molar-refractivity contribution in [1.82, 2.24) is 38.9 Å².